The van der Waals surface area contributed by atoms with Gasteiger partial charge in [-0.3, -0.25) is 10.1 Å². The maximum Gasteiger partial charge on any atom is 0.418 e. The summed E-state index contributed by atoms with van der Waals surface area (Å²) in [7, 11) is 0. The molecule has 1 aromatic rings. The first-order valence-electron chi connectivity index (χ1n) is 6.48. The summed E-state index contributed by atoms with van der Waals surface area (Å²) in [5.41, 5.74) is -2.16. The van der Waals surface area contributed by atoms with Gasteiger partial charge in [0, 0.05) is 23.5 Å². The number of hydrogen-bond donors (Lipinski definition) is 1. The van der Waals surface area contributed by atoms with Crippen LogP contribution in [0.4, 0.5) is 18.9 Å². The van der Waals surface area contributed by atoms with Crippen LogP contribution in [0.25, 0.3) is 0 Å². The quantitative estimate of drug-likeness (QED) is 0.483. The largest absolute Gasteiger partial charge is 0.598 e. The number of nitro benzene ring substituents is 1. The summed E-state index contributed by atoms with van der Waals surface area (Å²) in [6, 6.07) is 0.470. The van der Waals surface area contributed by atoms with Crippen molar-refractivity contribution in [3.63, 3.8) is 0 Å². The average Bonchev–Trinajstić information content (AvgIpc) is 2.35. The third kappa shape index (κ3) is 4.97. The Hall–Kier alpha value is -1.03. The Morgan fingerprint density at radius 2 is 1.83 bits per heavy atom. The molecule has 2 atom stereocenters. The van der Waals surface area contributed by atoms with Crippen molar-refractivity contribution >= 4 is 28.7 Å². The molecule has 0 radical (unpaired) electrons. The Kier molecular flexibility index (Phi) is 5.95. The van der Waals surface area contributed by atoms with Crippen LogP contribution >= 0.6 is 11.6 Å². The number of nitrogens with one attached hydrogen (secondary N) is 1. The minimum atomic E-state index is -4.83. The number of non-ortho nitro benzene ring substituents is 1. The molecule has 1 rings (SSSR count). The van der Waals surface area contributed by atoms with E-state index in [1.54, 1.807) is 20.8 Å². The lowest BCUT2D eigenvalue weighted by Gasteiger charge is -2.27. The second-order valence-corrected chi connectivity index (χ2v) is 8.25. The van der Waals surface area contributed by atoms with Gasteiger partial charge in [-0.25, -0.2) is 0 Å². The van der Waals surface area contributed by atoms with Crippen molar-refractivity contribution in [2.75, 3.05) is 0 Å². The van der Waals surface area contributed by atoms with Crippen molar-refractivity contribution in [2.24, 2.45) is 0 Å². The Bertz CT molecular complexity index is 605. The number of nitro groups is 1. The number of rotatable bonds is 4. The minimum Gasteiger partial charge on any atom is -0.598 e. The molecule has 0 saturated carbocycles. The lowest BCUT2D eigenvalue weighted by atomic mass is 10.0. The van der Waals surface area contributed by atoms with Crippen LogP contribution in [0.1, 0.15) is 44.9 Å². The second-order valence-electron chi connectivity index (χ2n) is 5.87. The fourth-order valence-electron chi connectivity index (χ4n) is 1.66. The van der Waals surface area contributed by atoms with E-state index in [-0.39, 0.29) is 5.56 Å². The average molecular weight is 373 g/mol. The van der Waals surface area contributed by atoms with Gasteiger partial charge in [0.25, 0.3) is 5.69 Å². The molecule has 1 N–H and O–H groups in total. The molecule has 0 aliphatic heterocycles. The standard InChI is InChI=1S/C13H16ClF3N2O3S/c1-7(18-23(22)12(2,3)4)9-5-8(19(20)21)6-10(11(9)14)13(15,16)17/h5-7,18H,1-4H3/t7-,23+/m0/s1. The molecule has 0 saturated heterocycles. The summed E-state index contributed by atoms with van der Waals surface area (Å²) in [6.45, 7) is 6.48. The zero-order valence-corrected chi connectivity index (χ0v) is 14.4. The maximum atomic E-state index is 13.0. The van der Waals surface area contributed by atoms with Crippen LogP contribution in [0.2, 0.25) is 5.02 Å². The highest BCUT2D eigenvalue weighted by atomic mass is 35.5. The van der Waals surface area contributed by atoms with Crippen LogP contribution in [-0.2, 0) is 17.5 Å². The van der Waals surface area contributed by atoms with E-state index in [0.29, 0.717) is 6.07 Å². The Balaban J connectivity index is 3.34. The van der Waals surface area contributed by atoms with Crippen molar-refractivity contribution in [2.45, 2.75) is 44.7 Å². The first kappa shape index (κ1) is 20.0. The molecule has 0 aliphatic rings. The fourth-order valence-corrected chi connectivity index (χ4v) is 2.84. The second kappa shape index (κ2) is 6.84. The number of benzene rings is 1. The van der Waals surface area contributed by atoms with E-state index in [9.17, 15) is 27.8 Å². The molecule has 23 heavy (non-hydrogen) atoms. The highest BCUT2D eigenvalue weighted by Gasteiger charge is 2.38. The van der Waals surface area contributed by atoms with E-state index in [0.717, 1.165) is 6.07 Å². The SMILES string of the molecule is C[C@H](N[S@+]([O-])C(C)(C)C)c1cc([N+](=O)[O-])cc(C(F)(F)F)c1Cl. The molecule has 0 aromatic heterocycles. The Labute approximate surface area is 139 Å². The van der Waals surface area contributed by atoms with Crippen molar-refractivity contribution < 1.29 is 22.6 Å². The molecule has 0 fully saturated rings. The van der Waals surface area contributed by atoms with E-state index in [4.69, 9.17) is 11.6 Å². The molecule has 0 spiro atoms. The summed E-state index contributed by atoms with van der Waals surface area (Å²) in [5, 5.41) is 10.2. The molecule has 0 amide bonds. The monoisotopic (exact) mass is 372 g/mol. The van der Waals surface area contributed by atoms with Crippen LogP contribution in [0.3, 0.4) is 0 Å². The molecule has 1 aromatic carbocycles. The molecular weight excluding hydrogens is 357 g/mol. The van der Waals surface area contributed by atoms with Gasteiger partial charge in [0.2, 0.25) is 0 Å². The summed E-state index contributed by atoms with van der Waals surface area (Å²) >= 11 is 4.20. The summed E-state index contributed by atoms with van der Waals surface area (Å²) < 4.78 is 53.0. The number of alkyl halides is 3. The topological polar surface area (TPSA) is 78.2 Å². The molecule has 0 unspecified atom stereocenters. The Morgan fingerprint density at radius 1 is 1.30 bits per heavy atom. The third-order valence-corrected chi connectivity index (χ3v) is 5.01. The van der Waals surface area contributed by atoms with Gasteiger partial charge in [-0.05, 0) is 33.3 Å². The molecular formula is C13H16ClF3N2O3S. The van der Waals surface area contributed by atoms with Gasteiger partial charge in [0.1, 0.15) is 4.75 Å². The van der Waals surface area contributed by atoms with Crippen molar-refractivity contribution in [3.8, 4) is 0 Å². The highest BCUT2D eigenvalue weighted by Crippen LogP contribution is 2.41. The smallest absolute Gasteiger partial charge is 0.418 e. The van der Waals surface area contributed by atoms with Gasteiger partial charge in [-0.1, -0.05) is 11.6 Å². The zero-order chi connectivity index (χ0) is 18.2. The van der Waals surface area contributed by atoms with Crippen molar-refractivity contribution in [1.82, 2.24) is 4.72 Å². The van der Waals surface area contributed by atoms with Crippen LogP contribution < -0.4 is 4.72 Å². The predicted molar refractivity (Wildman–Crippen MR) is 82.6 cm³/mol. The third-order valence-electron chi connectivity index (χ3n) is 2.91. The van der Waals surface area contributed by atoms with E-state index < -0.39 is 49.5 Å². The summed E-state index contributed by atoms with van der Waals surface area (Å²) in [5.74, 6) is 0. The summed E-state index contributed by atoms with van der Waals surface area (Å²) in [4.78, 5) is 9.93. The van der Waals surface area contributed by atoms with E-state index in [1.807, 2.05) is 0 Å². The van der Waals surface area contributed by atoms with Gasteiger partial charge < -0.3 is 4.55 Å². The van der Waals surface area contributed by atoms with Gasteiger partial charge in [0.15, 0.2) is 0 Å². The van der Waals surface area contributed by atoms with Crippen LogP contribution in [0.15, 0.2) is 12.1 Å². The number of halogens is 4. The van der Waals surface area contributed by atoms with E-state index in [2.05, 4.69) is 4.72 Å². The minimum absolute atomic E-state index is 0.134. The molecule has 5 nitrogen and oxygen atoms in total. The molecule has 0 bridgehead atoms. The van der Waals surface area contributed by atoms with Gasteiger partial charge in [-0.15, -0.1) is 4.72 Å². The number of nitrogens with zero attached hydrogens (tertiary/aromatic N) is 1. The maximum absolute atomic E-state index is 13.0. The van der Waals surface area contributed by atoms with Crippen molar-refractivity contribution in [1.29, 1.82) is 0 Å². The lowest BCUT2D eigenvalue weighted by Crippen LogP contribution is -2.40. The normalized spacial score (nSPS) is 15.3. The van der Waals surface area contributed by atoms with Crippen LogP contribution in [-0.4, -0.2) is 14.2 Å². The molecule has 0 aliphatic carbocycles. The van der Waals surface area contributed by atoms with Gasteiger partial charge >= 0.3 is 6.18 Å². The highest BCUT2D eigenvalue weighted by molar-refractivity contribution is 7.90. The lowest BCUT2D eigenvalue weighted by molar-refractivity contribution is -0.385. The first-order valence-corrected chi connectivity index (χ1v) is 8.01. The van der Waals surface area contributed by atoms with E-state index >= 15 is 0 Å². The molecule has 130 valence electrons. The van der Waals surface area contributed by atoms with Crippen LogP contribution in [0.5, 0.6) is 0 Å². The Morgan fingerprint density at radius 3 is 2.22 bits per heavy atom. The predicted octanol–water partition coefficient (Wildman–Crippen LogP) is 4.38. The van der Waals surface area contributed by atoms with Crippen LogP contribution in [0, 0.1) is 10.1 Å². The fraction of sp³-hybridized carbons (Fsp3) is 0.538. The molecule has 0 heterocycles. The summed E-state index contributed by atoms with van der Waals surface area (Å²) in [6.07, 6.45) is -4.83. The van der Waals surface area contributed by atoms with Gasteiger partial charge in [0.05, 0.1) is 21.6 Å². The zero-order valence-electron chi connectivity index (χ0n) is 12.8. The van der Waals surface area contributed by atoms with E-state index in [1.165, 1.54) is 6.92 Å². The molecule has 10 heteroatoms. The van der Waals surface area contributed by atoms with Crippen molar-refractivity contribution in [3.05, 3.63) is 38.4 Å². The number of hydrogen-bond acceptors (Lipinski definition) is 4. The van der Waals surface area contributed by atoms with Gasteiger partial charge in [-0.2, -0.15) is 13.2 Å². The first-order chi connectivity index (χ1) is 10.2.